The van der Waals surface area contributed by atoms with Crippen LogP contribution in [0.15, 0.2) is 108 Å². The fraction of sp³-hybridized carbons (Fsp3) is 0.115. The van der Waals surface area contributed by atoms with Crippen molar-refractivity contribution in [3.63, 3.8) is 0 Å². The highest BCUT2D eigenvalue weighted by Gasteiger charge is 2.17. The number of hydrogen-bond donors (Lipinski definition) is 2. The van der Waals surface area contributed by atoms with E-state index in [-0.39, 0.29) is 18.5 Å². The normalized spacial score (nSPS) is 11.7. The van der Waals surface area contributed by atoms with Crippen molar-refractivity contribution in [2.45, 2.75) is 12.5 Å². The molecule has 1 atom stereocenters. The van der Waals surface area contributed by atoms with Gasteiger partial charge in [-0.15, -0.1) is 0 Å². The Bertz CT molecular complexity index is 1060. The number of hydrogen-bond acceptors (Lipinski definition) is 3. The molecule has 0 saturated heterocycles. The summed E-state index contributed by atoms with van der Waals surface area (Å²) in [6.07, 6.45) is 2.41. The molecule has 0 unspecified atom stereocenters. The molecule has 0 saturated carbocycles. The fourth-order valence-electron chi connectivity index (χ4n) is 3.49. The third-order valence-electron chi connectivity index (χ3n) is 4.96. The van der Waals surface area contributed by atoms with Gasteiger partial charge in [0.25, 0.3) is 0 Å². The maximum Gasteiger partial charge on any atom is 0.238 e. The van der Waals surface area contributed by atoms with Crippen LogP contribution in [0.4, 0.5) is 5.69 Å². The highest BCUT2D eigenvalue weighted by Crippen LogP contribution is 2.22. The molecular weight excluding hydrogens is 372 g/mol. The molecule has 4 aromatic rings. The molecule has 1 heterocycles. The second-order valence-corrected chi connectivity index (χ2v) is 7.11. The third kappa shape index (κ3) is 5.04. The minimum absolute atomic E-state index is 0.0944. The van der Waals surface area contributed by atoms with Crippen LogP contribution in [0.5, 0.6) is 0 Å². The van der Waals surface area contributed by atoms with E-state index in [1.165, 1.54) is 5.56 Å². The molecule has 0 bridgehead atoms. The van der Waals surface area contributed by atoms with Crippen molar-refractivity contribution in [2.24, 2.45) is 0 Å². The molecule has 0 radical (unpaired) electrons. The summed E-state index contributed by atoms with van der Waals surface area (Å²) in [7, 11) is 0. The number of benzene rings is 3. The molecule has 1 amide bonds. The van der Waals surface area contributed by atoms with Crippen LogP contribution in [0.25, 0.3) is 0 Å². The maximum absolute atomic E-state index is 12.7. The van der Waals surface area contributed by atoms with Crippen molar-refractivity contribution in [1.29, 1.82) is 0 Å². The van der Waals surface area contributed by atoms with Crippen molar-refractivity contribution >= 4 is 11.6 Å². The zero-order valence-corrected chi connectivity index (χ0v) is 16.6. The highest BCUT2D eigenvalue weighted by atomic mass is 16.3. The standard InChI is InChI=1S/C26H24N2O2/c29-25(19-27-26(24-16-9-17-30-24)21-12-5-2-6-13-21)28-23-15-8-7-14-22(23)18-20-10-3-1-4-11-20/h1-17,26-27H,18-19H2,(H,28,29)/t26-/m1/s1. The van der Waals surface area contributed by atoms with Gasteiger partial charge >= 0.3 is 0 Å². The number of para-hydroxylation sites is 1. The first-order valence-electron chi connectivity index (χ1n) is 10.0. The topological polar surface area (TPSA) is 54.3 Å². The lowest BCUT2D eigenvalue weighted by molar-refractivity contribution is -0.115. The Kier molecular flexibility index (Phi) is 6.38. The van der Waals surface area contributed by atoms with Gasteiger partial charge in [-0.3, -0.25) is 10.1 Å². The van der Waals surface area contributed by atoms with Gasteiger partial charge in [-0.2, -0.15) is 0 Å². The van der Waals surface area contributed by atoms with Crippen LogP contribution < -0.4 is 10.6 Å². The molecule has 3 aromatic carbocycles. The zero-order chi connectivity index (χ0) is 20.6. The molecule has 150 valence electrons. The Morgan fingerprint density at radius 2 is 1.50 bits per heavy atom. The molecule has 2 N–H and O–H groups in total. The second kappa shape index (κ2) is 9.72. The molecule has 0 spiro atoms. The second-order valence-electron chi connectivity index (χ2n) is 7.11. The Morgan fingerprint density at radius 3 is 2.23 bits per heavy atom. The predicted molar refractivity (Wildman–Crippen MR) is 119 cm³/mol. The number of rotatable bonds is 8. The minimum atomic E-state index is -0.188. The molecule has 0 aliphatic carbocycles. The van der Waals surface area contributed by atoms with Crippen LogP contribution in [0.1, 0.15) is 28.5 Å². The molecular formula is C26H24N2O2. The van der Waals surface area contributed by atoms with Crippen LogP contribution in [0, 0.1) is 0 Å². The van der Waals surface area contributed by atoms with Gasteiger partial charge in [-0.05, 0) is 41.3 Å². The summed E-state index contributed by atoms with van der Waals surface area (Å²) in [5.41, 5.74) is 4.18. The van der Waals surface area contributed by atoms with Gasteiger partial charge in [0.1, 0.15) is 5.76 Å². The van der Waals surface area contributed by atoms with Crippen molar-refractivity contribution < 1.29 is 9.21 Å². The average molecular weight is 396 g/mol. The van der Waals surface area contributed by atoms with E-state index in [2.05, 4.69) is 22.8 Å². The lowest BCUT2D eigenvalue weighted by Crippen LogP contribution is -2.32. The van der Waals surface area contributed by atoms with E-state index < -0.39 is 0 Å². The summed E-state index contributed by atoms with van der Waals surface area (Å²) in [5, 5.41) is 6.37. The summed E-state index contributed by atoms with van der Waals surface area (Å²) < 4.78 is 5.59. The van der Waals surface area contributed by atoms with Crippen molar-refractivity contribution in [3.8, 4) is 0 Å². The summed E-state index contributed by atoms with van der Waals surface area (Å²) >= 11 is 0. The first-order valence-corrected chi connectivity index (χ1v) is 10.0. The molecule has 4 nitrogen and oxygen atoms in total. The van der Waals surface area contributed by atoms with Gasteiger partial charge in [-0.25, -0.2) is 0 Å². The molecule has 0 fully saturated rings. The third-order valence-corrected chi connectivity index (χ3v) is 4.96. The molecule has 0 aliphatic heterocycles. The van der Waals surface area contributed by atoms with Crippen LogP contribution in [0.2, 0.25) is 0 Å². The summed E-state index contributed by atoms with van der Waals surface area (Å²) in [6, 6.07) is 31.7. The Morgan fingerprint density at radius 1 is 0.800 bits per heavy atom. The summed E-state index contributed by atoms with van der Waals surface area (Å²) in [6.45, 7) is 0.167. The van der Waals surface area contributed by atoms with E-state index in [4.69, 9.17) is 4.42 Å². The number of nitrogens with one attached hydrogen (secondary N) is 2. The number of furan rings is 1. The number of anilines is 1. The first-order chi connectivity index (χ1) is 14.8. The number of carbonyl (C=O) groups excluding carboxylic acids is 1. The SMILES string of the molecule is O=C(CN[C@H](c1ccccc1)c1ccco1)Nc1ccccc1Cc1ccccc1. The van der Waals surface area contributed by atoms with Crippen molar-refractivity contribution in [2.75, 3.05) is 11.9 Å². The van der Waals surface area contributed by atoms with E-state index in [1.54, 1.807) is 6.26 Å². The Hall–Kier alpha value is -3.63. The lowest BCUT2D eigenvalue weighted by atomic mass is 10.0. The Balaban J connectivity index is 1.43. The largest absolute Gasteiger partial charge is 0.467 e. The van der Waals surface area contributed by atoms with Gasteiger partial charge in [-0.1, -0.05) is 78.9 Å². The van der Waals surface area contributed by atoms with Crippen molar-refractivity contribution in [3.05, 3.63) is 126 Å². The maximum atomic E-state index is 12.7. The monoisotopic (exact) mass is 396 g/mol. The van der Waals surface area contributed by atoms with Crippen LogP contribution >= 0.6 is 0 Å². The molecule has 0 aliphatic rings. The minimum Gasteiger partial charge on any atom is -0.467 e. The first kappa shape index (κ1) is 19.7. The van der Waals surface area contributed by atoms with E-state index in [0.717, 1.165) is 29.0 Å². The zero-order valence-electron chi connectivity index (χ0n) is 16.6. The van der Waals surface area contributed by atoms with Gasteiger partial charge in [0.05, 0.1) is 18.8 Å². The summed E-state index contributed by atoms with van der Waals surface area (Å²) in [4.78, 5) is 12.7. The highest BCUT2D eigenvalue weighted by molar-refractivity contribution is 5.93. The van der Waals surface area contributed by atoms with Gasteiger partial charge < -0.3 is 9.73 Å². The number of amides is 1. The molecule has 4 heteroatoms. The molecule has 4 rings (SSSR count). The van der Waals surface area contributed by atoms with Crippen LogP contribution in [-0.2, 0) is 11.2 Å². The van der Waals surface area contributed by atoms with Crippen LogP contribution in [0.3, 0.4) is 0 Å². The van der Waals surface area contributed by atoms with E-state index in [0.29, 0.717) is 0 Å². The lowest BCUT2D eigenvalue weighted by Gasteiger charge is -2.17. The smallest absolute Gasteiger partial charge is 0.238 e. The van der Waals surface area contributed by atoms with Gasteiger partial charge in [0.15, 0.2) is 0 Å². The summed E-state index contributed by atoms with van der Waals surface area (Å²) in [5.74, 6) is 0.682. The number of carbonyl (C=O) groups is 1. The van der Waals surface area contributed by atoms with Gasteiger partial charge in [0.2, 0.25) is 5.91 Å². The van der Waals surface area contributed by atoms with Crippen molar-refractivity contribution in [1.82, 2.24) is 5.32 Å². The quantitative estimate of drug-likeness (QED) is 0.431. The predicted octanol–water partition coefficient (Wildman–Crippen LogP) is 5.19. The fourth-order valence-corrected chi connectivity index (χ4v) is 3.49. The molecule has 1 aromatic heterocycles. The van der Waals surface area contributed by atoms with Crippen LogP contribution in [-0.4, -0.2) is 12.5 Å². The molecule has 30 heavy (non-hydrogen) atoms. The van der Waals surface area contributed by atoms with E-state index >= 15 is 0 Å². The van der Waals surface area contributed by atoms with E-state index in [1.807, 2.05) is 84.9 Å². The Labute approximate surface area is 176 Å². The average Bonchev–Trinajstić information content (AvgIpc) is 3.31. The van der Waals surface area contributed by atoms with Gasteiger partial charge in [0, 0.05) is 5.69 Å². The van der Waals surface area contributed by atoms with E-state index in [9.17, 15) is 4.79 Å².